The Balaban J connectivity index is 1.62. The van der Waals surface area contributed by atoms with E-state index >= 15 is 0 Å². The quantitative estimate of drug-likeness (QED) is 0.670. The third-order valence-corrected chi connectivity index (χ3v) is 8.40. The Morgan fingerprint density at radius 2 is 1.82 bits per heavy atom. The van der Waals surface area contributed by atoms with Gasteiger partial charge in [-0.3, -0.25) is 4.79 Å². The van der Waals surface area contributed by atoms with Crippen molar-refractivity contribution < 1.29 is 17.6 Å². The van der Waals surface area contributed by atoms with Gasteiger partial charge < -0.3 is 4.90 Å². The Bertz CT molecular complexity index is 1040. The second-order valence-electron chi connectivity index (χ2n) is 6.74. The van der Waals surface area contributed by atoms with E-state index in [1.54, 1.807) is 12.1 Å². The number of thioether (sulfide) groups is 1. The van der Waals surface area contributed by atoms with Crippen molar-refractivity contribution in [2.24, 2.45) is 4.99 Å². The summed E-state index contributed by atoms with van der Waals surface area (Å²) in [5, 5.41) is 0.366. The zero-order valence-corrected chi connectivity index (χ0v) is 17.8. The summed E-state index contributed by atoms with van der Waals surface area (Å²) in [6.45, 7) is 0. The van der Waals surface area contributed by atoms with Crippen LogP contribution in [0.5, 0.6) is 0 Å². The van der Waals surface area contributed by atoms with Crippen LogP contribution in [0.2, 0.25) is 0 Å². The lowest BCUT2D eigenvalue weighted by Crippen LogP contribution is -2.37. The van der Waals surface area contributed by atoms with Crippen molar-refractivity contribution in [3.8, 4) is 0 Å². The van der Waals surface area contributed by atoms with Crippen molar-refractivity contribution >= 4 is 54.3 Å². The molecule has 0 saturated carbocycles. The Morgan fingerprint density at radius 3 is 2.50 bits per heavy atom. The third kappa shape index (κ3) is 4.16. The first kappa shape index (κ1) is 19.6. The molecule has 0 aromatic heterocycles. The molecule has 2 heterocycles. The van der Waals surface area contributed by atoms with Crippen LogP contribution in [0.25, 0.3) is 0 Å². The molecular weight excluding hydrogens is 467 g/mol. The number of carbonyl (C=O) groups excluding carboxylic acids is 1. The van der Waals surface area contributed by atoms with Crippen LogP contribution in [-0.4, -0.2) is 42.3 Å². The van der Waals surface area contributed by atoms with Crippen molar-refractivity contribution in [1.29, 1.82) is 0 Å². The molecule has 9 heteroatoms. The van der Waals surface area contributed by atoms with Crippen molar-refractivity contribution in [3.05, 3.63) is 64.4 Å². The number of amidine groups is 1. The van der Waals surface area contributed by atoms with Crippen LogP contribution in [0.3, 0.4) is 0 Å². The van der Waals surface area contributed by atoms with Gasteiger partial charge in [0.1, 0.15) is 5.82 Å². The van der Waals surface area contributed by atoms with Crippen LogP contribution < -0.4 is 4.90 Å². The predicted octanol–water partition coefficient (Wildman–Crippen LogP) is 3.43. The molecule has 2 aliphatic heterocycles. The van der Waals surface area contributed by atoms with Crippen molar-refractivity contribution in [3.63, 3.8) is 0 Å². The standard InChI is InChI=1S/C19H16BrFN2O3S2/c20-13-3-7-15(8-4-13)23-16-10-28(25,26)11-17(16)27-19(23)22-18(24)9-12-1-5-14(21)6-2-12/h1-8,16-17H,9-11H2/t16-,17-/m0/s1. The number of nitrogens with zero attached hydrogens (tertiary/aromatic N) is 2. The van der Waals surface area contributed by atoms with Gasteiger partial charge in [0.25, 0.3) is 5.91 Å². The summed E-state index contributed by atoms with van der Waals surface area (Å²) in [7, 11) is -3.11. The van der Waals surface area contributed by atoms with E-state index in [1.165, 1.54) is 23.9 Å². The zero-order valence-electron chi connectivity index (χ0n) is 14.6. The predicted molar refractivity (Wildman–Crippen MR) is 113 cm³/mol. The number of carbonyl (C=O) groups is 1. The van der Waals surface area contributed by atoms with Crippen molar-refractivity contribution in [2.75, 3.05) is 16.4 Å². The fraction of sp³-hybridized carbons (Fsp3) is 0.263. The fourth-order valence-corrected chi connectivity index (χ4v) is 7.59. The average molecular weight is 483 g/mol. The van der Waals surface area contributed by atoms with Crippen LogP contribution in [0, 0.1) is 5.82 Å². The summed E-state index contributed by atoms with van der Waals surface area (Å²) in [5.41, 5.74) is 1.48. The summed E-state index contributed by atoms with van der Waals surface area (Å²) in [4.78, 5) is 18.6. The fourth-order valence-electron chi connectivity index (χ4n) is 3.39. The van der Waals surface area contributed by atoms with E-state index in [1.807, 2.05) is 29.2 Å². The van der Waals surface area contributed by atoms with E-state index in [0.29, 0.717) is 10.7 Å². The van der Waals surface area contributed by atoms with Crippen molar-refractivity contribution in [2.45, 2.75) is 17.7 Å². The number of hydrogen-bond acceptors (Lipinski definition) is 4. The molecule has 146 valence electrons. The van der Waals surface area contributed by atoms with E-state index in [2.05, 4.69) is 20.9 Å². The number of anilines is 1. The van der Waals surface area contributed by atoms with Crippen LogP contribution >= 0.6 is 27.7 Å². The summed E-state index contributed by atoms with van der Waals surface area (Å²) in [6, 6.07) is 13.0. The molecule has 5 nitrogen and oxygen atoms in total. The first-order valence-corrected chi connectivity index (χ1v) is 12.1. The maximum absolute atomic E-state index is 13.0. The number of hydrogen-bond donors (Lipinski definition) is 0. The molecule has 0 radical (unpaired) electrons. The SMILES string of the molecule is O=C(Cc1ccc(F)cc1)N=C1S[C@H]2CS(=O)(=O)C[C@@H]2N1c1ccc(Br)cc1. The summed E-state index contributed by atoms with van der Waals surface area (Å²) in [5.74, 6) is -0.574. The van der Waals surface area contributed by atoms with E-state index < -0.39 is 9.84 Å². The maximum atomic E-state index is 13.0. The van der Waals surface area contributed by atoms with Gasteiger partial charge in [-0.25, -0.2) is 12.8 Å². The molecule has 2 aromatic carbocycles. The highest BCUT2D eigenvalue weighted by Gasteiger charge is 2.49. The number of amides is 1. The first-order chi connectivity index (χ1) is 13.3. The van der Waals surface area contributed by atoms with Crippen molar-refractivity contribution in [1.82, 2.24) is 0 Å². The Hall–Kier alpha value is -1.71. The molecule has 0 bridgehead atoms. The highest BCUT2D eigenvalue weighted by molar-refractivity contribution is 9.10. The number of rotatable bonds is 3. The molecule has 2 aliphatic rings. The minimum Gasteiger partial charge on any atom is -0.316 e. The van der Waals surface area contributed by atoms with Gasteiger partial charge in [0.15, 0.2) is 15.0 Å². The minimum absolute atomic E-state index is 0.0475. The third-order valence-electron chi connectivity index (χ3n) is 4.66. The van der Waals surface area contributed by atoms with E-state index in [-0.39, 0.29) is 40.9 Å². The summed E-state index contributed by atoms with van der Waals surface area (Å²) in [6.07, 6.45) is 0.0617. The number of benzene rings is 2. The molecule has 2 aromatic rings. The summed E-state index contributed by atoms with van der Waals surface area (Å²) < 4.78 is 38.1. The van der Waals surface area contributed by atoms with E-state index in [9.17, 15) is 17.6 Å². The molecule has 0 unspecified atom stereocenters. The molecule has 2 fully saturated rings. The van der Waals surface area contributed by atoms with Gasteiger partial charge in [-0.15, -0.1) is 0 Å². The van der Waals surface area contributed by atoms with Gasteiger partial charge in [0, 0.05) is 15.4 Å². The minimum atomic E-state index is -3.11. The second kappa shape index (κ2) is 7.61. The first-order valence-electron chi connectivity index (χ1n) is 8.58. The topological polar surface area (TPSA) is 66.8 Å². The smallest absolute Gasteiger partial charge is 0.252 e. The molecule has 2 saturated heterocycles. The largest absolute Gasteiger partial charge is 0.316 e. The number of halogens is 2. The molecule has 0 aliphatic carbocycles. The van der Waals surface area contributed by atoms with E-state index in [0.717, 1.165) is 10.2 Å². The lowest BCUT2D eigenvalue weighted by Gasteiger charge is -2.24. The average Bonchev–Trinajstić information content (AvgIpc) is 3.09. The van der Waals surface area contributed by atoms with Gasteiger partial charge in [0.2, 0.25) is 0 Å². The number of sulfone groups is 1. The van der Waals surface area contributed by atoms with E-state index in [4.69, 9.17) is 0 Å². The van der Waals surface area contributed by atoms with Crippen LogP contribution in [0.15, 0.2) is 58.0 Å². The Kier molecular flexibility index (Phi) is 5.32. The molecule has 0 spiro atoms. The number of aliphatic imine (C=N–C) groups is 1. The van der Waals surface area contributed by atoms with Gasteiger partial charge in [-0.2, -0.15) is 4.99 Å². The van der Waals surface area contributed by atoms with Gasteiger partial charge >= 0.3 is 0 Å². The Labute approximate surface area is 175 Å². The van der Waals surface area contributed by atoms with Gasteiger partial charge in [-0.1, -0.05) is 39.8 Å². The molecular formula is C19H16BrFN2O3S2. The molecule has 28 heavy (non-hydrogen) atoms. The molecule has 0 N–H and O–H groups in total. The highest BCUT2D eigenvalue weighted by Crippen LogP contribution is 2.41. The van der Waals surface area contributed by atoms with Crippen LogP contribution in [0.4, 0.5) is 10.1 Å². The lowest BCUT2D eigenvalue weighted by molar-refractivity contribution is -0.117. The van der Waals surface area contributed by atoms with Gasteiger partial charge in [-0.05, 0) is 42.0 Å². The monoisotopic (exact) mass is 482 g/mol. The van der Waals surface area contributed by atoms with Crippen LogP contribution in [-0.2, 0) is 21.1 Å². The van der Waals surface area contributed by atoms with Crippen LogP contribution in [0.1, 0.15) is 5.56 Å². The highest BCUT2D eigenvalue weighted by atomic mass is 79.9. The number of fused-ring (bicyclic) bond motifs is 1. The normalized spacial score (nSPS) is 24.5. The molecule has 4 rings (SSSR count). The lowest BCUT2D eigenvalue weighted by atomic mass is 10.1. The Morgan fingerprint density at radius 1 is 1.14 bits per heavy atom. The molecule has 1 amide bonds. The van der Waals surface area contributed by atoms with Gasteiger partial charge in [0.05, 0.1) is 24.0 Å². The molecule has 2 atom stereocenters. The maximum Gasteiger partial charge on any atom is 0.252 e. The second-order valence-corrected chi connectivity index (χ2v) is 11.0. The zero-order chi connectivity index (χ0) is 19.9. The summed E-state index contributed by atoms with van der Waals surface area (Å²) >= 11 is 4.73.